The number of halogens is 1. The molecule has 0 aromatic heterocycles. The van der Waals surface area contributed by atoms with Crippen LogP contribution in [0, 0.1) is 11.8 Å². The third kappa shape index (κ3) is 8.11. The molecule has 0 aliphatic carbocycles. The number of carbonyl (C=O) groups excluding carboxylic acids is 5. The number of benzene rings is 1. The second-order valence-electron chi connectivity index (χ2n) is 10.5. The molecular weight excluding hydrogens is 512 g/mol. The molecule has 2 heterocycles. The maximum atomic E-state index is 13.0. The number of carbonyl (C=O) groups is 5. The van der Waals surface area contributed by atoms with Gasteiger partial charge in [-0.1, -0.05) is 37.6 Å². The van der Waals surface area contributed by atoms with E-state index in [0.29, 0.717) is 49.2 Å². The third-order valence-corrected chi connectivity index (χ3v) is 7.16. The molecule has 2 atom stereocenters. The first-order valence-corrected chi connectivity index (χ1v) is 13.2. The lowest BCUT2D eigenvalue weighted by atomic mass is 9.82. The van der Waals surface area contributed by atoms with Crippen molar-refractivity contribution in [3.63, 3.8) is 0 Å². The number of amides is 4. The number of rotatable bonds is 9. The summed E-state index contributed by atoms with van der Waals surface area (Å²) in [6.45, 7) is 6.35. The first-order valence-electron chi connectivity index (χ1n) is 12.8. The predicted octanol–water partition coefficient (Wildman–Crippen LogP) is 3.05. The van der Waals surface area contributed by atoms with Crippen LogP contribution in [0.2, 0.25) is 5.02 Å². The van der Waals surface area contributed by atoms with Gasteiger partial charge in [-0.25, -0.2) is 4.79 Å². The number of ether oxygens (including phenoxy) is 1. The van der Waals surface area contributed by atoms with E-state index < -0.39 is 29.5 Å². The molecule has 10 nitrogen and oxygen atoms in total. The third-order valence-electron chi connectivity index (χ3n) is 6.92. The molecule has 4 amide bonds. The molecule has 3 rings (SSSR count). The van der Waals surface area contributed by atoms with Crippen molar-refractivity contribution in [3.05, 3.63) is 34.9 Å². The predicted molar refractivity (Wildman–Crippen MR) is 142 cm³/mol. The summed E-state index contributed by atoms with van der Waals surface area (Å²) < 4.78 is 5.17. The average molecular weight is 547 g/mol. The highest BCUT2D eigenvalue weighted by atomic mass is 35.5. The van der Waals surface area contributed by atoms with Crippen molar-refractivity contribution in [3.8, 4) is 0 Å². The Bertz CT molecular complexity index is 1100. The zero-order chi connectivity index (χ0) is 27.9. The molecule has 2 fully saturated rings. The first kappa shape index (κ1) is 29.3. The molecule has 2 aliphatic heterocycles. The summed E-state index contributed by atoms with van der Waals surface area (Å²) in [5.41, 5.74) is 0.227. The number of piperidine rings is 1. The Morgan fingerprint density at radius 1 is 1.29 bits per heavy atom. The highest BCUT2D eigenvalue weighted by molar-refractivity contribution is 6.40. The van der Waals surface area contributed by atoms with Crippen LogP contribution in [0.25, 0.3) is 0 Å². The number of likely N-dealkylation sites (tertiary alicyclic amines) is 1. The van der Waals surface area contributed by atoms with E-state index in [2.05, 4.69) is 15.6 Å². The Kier molecular flexibility index (Phi) is 10.0. The fourth-order valence-electron chi connectivity index (χ4n) is 4.94. The van der Waals surface area contributed by atoms with Crippen molar-refractivity contribution < 1.29 is 28.7 Å². The highest BCUT2D eigenvalue weighted by Gasteiger charge is 2.46. The average Bonchev–Trinajstić information content (AvgIpc) is 3.15. The monoisotopic (exact) mass is 546 g/mol. The van der Waals surface area contributed by atoms with Crippen LogP contribution in [0.1, 0.15) is 58.4 Å². The Morgan fingerprint density at radius 3 is 2.61 bits per heavy atom. The summed E-state index contributed by atoms with van der Waals surface area (Å²) in [5.74, 6) is -1.25. The maximum Gasteiger partial charge on any atom is 0.434 e. The van der Waals surface area contributed by atoms with Gasteiger partial charge in [0.1, 0.15) is 18.6 Å². The van der Waals surface area contributed by atoms with Gasteiger partial charge in [-0.15, -0.1) is 0 Å². The zero-order valence-corrected chi connectivity index (χ0v) is 22.8. The van der Waals surface area contributed by atoms with Crippen LogP contribution >= 0.6 is 11.6 Å². The summed E-state index contributed by atoms with van der Waals surface area (Å²) in [4.78, 5) is 67.1. The SMILES string of the molecule is CC(=O)N1CCC2(CC1)CC(CC(C=O)NC(=O)/C(CC(C)C)=N/C(=O)OCc1cccc(Cl)c1)C(=O)N2. The van der Waals surface area contributed by atoms with Gasteiger partial charge in [0.25, 0.3) is 5.91 Å². The molecular formula is C27H35ClN4O6. The number of aldehydes is 1. The van der Waals surface area contributed by atoms with E-state index >= 15 is 0 Å². The molecule has 11 heteroatoms. The van der Waals surface area contributed by atoms with Gasteiger partial charge in [0, 0.05) is 36.5 Å². The van der Waals surface area contributed by atoms with Crippen LogP contribution < -0.4 is 10.6 Å². The number of nitrogens with zero attached hydrogens (tertiary/aromatic N) is 2. The van der Waals surface area contributed by atoms with E-state index in [9.17, 15) is 24.0 Å². The van der Waals surface area contributed by atoms with Crippen molar-refractivity contribution in [2.45, 2.75) is 71.1 Å². The Morgan fingerprint density at radius 2 is 2.00 bits per heavy atom. The highest BCUT2D eigenvalue weighted by Crippen LogP contribution is 2.36. The molecule has 1 aromatic rings. The molecule has 206 valence electrons. The lowest BCUT2D eigenvalue weighted by Crippen LogP contribution is -2.51. The molecule has 38 heavy (non-hydrogen) atoms. The number of nitrogens with one attached hydrogen (secondary N) is 2. The van der Waals surface area contributed by atoms with Crippen LogP contribution in [0.5, 0.6) is 0 Å². The minimum absolute atomic E-state index is 0.0104. The fourth-order valence-corrected chi connectivity index (χ4v) is 5.16. The molecule has 2 saturated heterocycles. The molecule has 2 unspecified atom stereocenters. The summed E-state index contributed by atoms with van der Waals surface area (Å²) in [7, 11) is 0. The molecule has 1 spiro atoms. The number of hydrogen-bond donors (Lipinski definition) is 2. The van der Waals surface area contributed by atoms with Crippen LogP contribution in [-0.2, 0) is 30.5 Å². The van der Waals surface area contributed by atoms with Gasteiger partial charge in [-0.05, 0) is 55.7 Å². The van der Waals surface area contributed by atoms with Gasteiger partial charge in [-0.2, -0.15) is 4.99 Å². The summed E-state index contributed by atoms with van der Waals surface area (Å²) in [5, 5.41) is 6.20. The van der Waals surface area contributed by atoms with Crippen molar-refractivity contribution >= 4 is 47.4 Å². The minimum atomic E-state index is -0.925. The Labute approximate surface area is 227 Å². The second-order valence-corrected chi connectivity index (χ2v) is 10.9. The van der Waals surface area contributed by atoms with E-state index in [-0.39, 0.29) is 42.9 Å². The smallest absolute Gasteiger partial charge is 0.434 e. The summed E-state index contributed by atoms with van der Waals surface area (Å²) in [6.07, 6.45) is 1.83. The van der Waals surface area contributed by atoms with Gasteiger partial charge in [0.05, 0.1) is 6.04 Å². The fraction of sp³-hybridized carbons (Fsp3) is 0.556. The van der Waals surface area contributed by atoms with Crippen LogP contribution in [0.4, 0.5) is 4.79 Å². The second kappa shape index (κ2) is 13.0. The van der Waals surface area contributed by atoms with E-state index in [0.717, 1.165) is 0 Å². The van der Waals surface area contributed by atoms with Gasteiger partial charge in [-0.3, -0.25) is 14.4 Å². The van der Waals surface area contributed by atoms with Crippen molar-refractivity contribution in [2.24, 2.45) is 16.8 Å². The van der Waals surface area contributed by atoms with Gasteiger partial charge in [0.15, 0.2) is 0 Å². The van der Waals surface area contributed by atoms with Crippen LogP contribution in [-0.4, -0.2) is 65.4 Å². The number of aliphatic imine (C=N–C) groups is 1. The van der Waals surface area contributed by atoms with E-state index in [1.165, 1.54) is 6.92 Å². The lowest BCUT2D eigenvalue weighted by molar-refractivity contribution is -0.130. The van der Waals surface area contributed by atoms with Crippen LogP contribution in [0.15, 0.2) is 29.3 Å². The normalized spacial score (nSPS) is 19.7. The van der Waals surface area contributed by atoms with E-state index in [1.54, 1.807) is 29.2 Å². The molecule has 0 bridgehead atoms. The van der Waals surface area contributed by atoms with E-state index in [4.69, 9.17) is 16.3 Å². The molecule has 1 aromatic carbocycles. The quantitative estimate of drug-likeness (QED) is 0.361. The Balaban J connectivity index is 1.60. The molecule has 2 N–H and O–H groups in total. The summed E-state index contributed by atoms with van der Waals surface area (Å²) >= 11 is 5.95. The van der Waals surface area contributed by atoms with E-state index in [1.807, 2.05) is 13.8 Å². The van der Waals surface area contributed by atoms with Crippen molar-refractivity contribution in [1.29, 1.82) is 0 Å². The summed E-state index contributed by atoms with van der Waals surface area (Å²) in [6, 6.07) is 5.91. The molecule has 2 aliphatic rings. The first-order chi connectivity index (χ1) is 18.0. The van der Waals surface area contributed by atoms with Gasteiger partial charge in [0.2, 0.25) is 11.8 Å². The topological polar surface area (TPSA) is 134 Å². The minimum Gasteiger partial charge on any atom is -0.443 e. The van der Waals surface area contributed by atoms with Crippen LogP contribution in [0.3, 0.4) is 0 Å². The largest absolute Gasteiger partial charge is 0.443 e. The Hall–Kier alpha value is -3.27. The van der Waals surface area contributed by atoms with Gasteiger partial charge >= 0.3 is 6.09 Å². The molecule has 0 radical (unpaired) electrons. The zero-order valence-electron chi connectivity index (χ0n) is 22.0. The standard InChI is InChI=1S/C27H35ClN4O6/c1-17(2)11-23(30-26(37)38-16-19-5-4-6-21(28)12-19)25(36)29-22(15-33)13-20-14-27(31-24(20)35)7-9-32(10-8-27)18(3)34/h4-6,12,15,17,20,22H,7-11,13-14,16H2,1-3H3,(H,29,36)(H,31,35)/b30-23+. The maximum absolute atomic E-state index is 13.0. The van der Waals surface area contributed by atoms with Gasteiger partial charge < -0.3 is 25.1 Å². The van der Waals surface area contributed by atoms with Crippen molar-refractivity contribution in [1.82, 2.24) is 15.5 Å². The number of hydrogen-bond acceptors (Lipinski definition) is 6. The van der Waals surface area contributed by atoms with Crippen molar-refractivity contribution in [2.75, 3.05) is 13.1 Å². The lowest BCUT2D eigenvalue weighted by Gasteiger charge is -2.39. The molecule has 0 saturated carbocycles.